The highest BCUT2D eigenvalue weighted by atomic mass is 32.2. The molecule has 0 aliphatic heterocycles. The number of rotatable bonds is 8. The number of carbonyl (C=O) groups excluding carboxylic acids is 1. The Labute approximate surface area is 144 Å². The molecule has 0 saturated carbocycles. The number of para-hydroxylation sites is 1. The van der Waals surface area contributed by atoms with E-state index < -0.39 is 5.97 Å². The van der Waals surface area contributed by atoms with Crippen molar-refractivity contribution in [3.05, 3.63) is 34.5 Å². The predicted octanol–water partition coefficient (Wildman–Crippen LogP) is 1.66. The number of benzene rings is 1. The Balaban J connectivity index is 2.33. The zero-order valence-corrected chi connectivity index (χ0v) is 14.5. The molecule has 128 valence electrons. The minimum atomic E-state index is -1.31. The fourth-order valence-corrected chi connectivity index (χ4v) is 2.78. The minimum Gasteiger partial charge on any atom is -0.544 e. The standard InChI is InChI=1S/C16H19N3O4S/c1-4-6-13-17-16(19-18-13)24-12(15(20)21)9-10-7-5-8-11(22-2)14(10)23-3/h5,7-9H,4,6H2,1-3H3,(H,20,21)(H,17,18,19)/p-1/b12-9-. The van der Waals surface area contributed by atoms with Crippen LogP contribution < -0.4 is 14.6 Å². The fourth-order valence-electron chi connectivity index (χ4n) is 2.07. The van der Waals surface area contributed by atoms with Gasteiger partial charge < -0.3 is 19.4 Å². The highest BCUT2D eigenvalue weighted by molar-refractivity contribution is 8.04. The van der Waals surface area contributed by atoms with E-state index in [1.807, 2.05) is 6.92 Å². The lowest BCUT2D eigenvalue weighted by atomic mass is 10.1. The van der Waals surface area contributed by atoms with Crippen LogP contribution in [0.4, 0.5) is 0 Å². The highest BCUT2D eigenvalue weighted by Crippen LogP contribution is 2.34. The molecule has 1 aromatic carbocycles. The van der Waals surface area contributed by atoms with Gasteiger partial charge in [0.1, 0.15) is 5.82 Å². The summed E-state index contributed by atoms with van der Waals surface area (Å²) >= 11 is 0.920. The van der Waals surface area contributed by atoms with E-state index in [9.17, 15) is 9.90 Å². The van der Waals surface area contributed by atoms with E-state index in [1.54, 1.807) is 18.2 Å². The van der Waals surface area contributed by atoms with Gasteiger partial charge in [-0.3, -0.25) is 5.10 Å². The first-order valence-corrected chi connectivity index (χ1v) is 8.13. The molecule has 1 aromatic heterocycles. The number of nitrogens with one attached hydrogen (secondary N) is 1. The maximum absolute atomic E-state index is 11.5. The van der Waals surface area contributed by atoms with E-state index in [4.69, 9.17) is 9.47 Å². The lowest BCUT2D eigenvalue weighted by Gasteiger charge is -2.12. The molecule has 0 spiro atoms. The van der Waals surface area contributed by atoms with Crippen molar-refractivity contribution in [3.63, 3.8) is 0 Å². The summed E-state index contributed by atoms with van der Waals surface area (Å²) in [4.78, 5) is 15.7. The first-order valence-electron chi connectivity index (χ1n) is 7.32. The molecule has 0 unspecified atom stereocenters. The summed E-state index contributed by atoms with van der Waals surface area (Å²) in [5.74, 6) is 0.362. The van der Waals surface area contributed by atoms with Crippen LogP contribution in [0.5, 0.6) is 11.5 Å². The van der Waals surface area contributed by atoms with Gasteiger partial charge in [-0.25, -0.2) is 4.98 Å². The number of aromatic nitrogens is 3. The average Bonchev–Trinajstić information content (AvgIpc) is 3.01. The van der Waals surface area contributed by atoms with E-state index >= 15 is 0 Å². The molecule has 7 nitrogen and oxygen atoms in total. The normalized spacial score (nSPS) is 11.4. The second-order valence-corrected chi connectivity index (χ2v) is 5.80. The molecule has 8 heteroatoms. The molecule has 0 saturated heterocycles. The number of aromatic amines is 1. The van der Waals surface area contributed by atoms with Crippen LogP contribution in [0, 0.1) is 0 Å². The van der Waals surface area contributed by atoms with Crippen LogP contribution in [-0.2, 0) is 11.2 Å². The van der Waals surface area contributed by atoms with Crippen LogP contribution in [-0.4, -0.2) is 35.4 Å². The summed E-state index contributed by atoms with van der Waals surface area (Å²) in [6.07, 6.45) is 3.13. The molecule has 0 atom stereocenters. The molecule has 1 N–H and O–H groups in total. The summed E-state index contributed by atoms with van der Waals surface area (Å²) < 4.78 is 10.5. The number of H-pyrrole nitrogens is 1. The summed E-state index contributed by atoms with van der Waals surface area (Å²) in [6, 6.07) is 5.20. The van der Waals surface area contributed by atoms with Gasteiger partial charge in [0.2, 0.25) is 5.16 Å². The van der Waals surface area contributed by atoms with E-state index in [1.165, 1.54) is 20.3 Å². The lowest BCUT2D eigenvalue weighted by molar-refractivity contribution is -0.297. The van der Waals surface area contributed by atoms with Gasteiger partial charge in [-0.15, -0.1) is 5.10 Å². The smallest absolute Gasteiger partial charge is 0.213 e. The van der Waals surface area contributed by atoms with Gasteiger partial charge in [-0.1, -0.05) is 19.1 Å². The van der Waals surface area contributed by atoms with Gasteiger partial charge >= 0.3 is 0 Å². The van der Waals surface area contributed by atoms with Crippen molar-refractivity contribution in [1.82, 2.24) is 15.2 Å². The van der Waals surface area contributed by atoms with Gasteiger partial charge in [-0.2, -0.15) is 0 Å². The zero-order chi connectivity index (χ0) is 17.5. The first kappa shape index (κ1) is 17.9. The Morgan fingerprint density at radius 2 is 2.17 bits per heavy atom. The fraction of sp³-hybridized carbons (Fsp3) is 0.312. The molecular weight excluding hydrogens is 330 g/mol. The zero-order valence-electron chi connectivity index (χ0n) is 13.7. The lowest BCUT2D eigenvalue weighted by Crippen LogP contribution is -2.23. The number of carboxylic acids is 1. The third-order valence-corrected chi connectivity index (χ3v) is 3.99. The van der Waals surface area contributed by atoms with Crippen LogP contribution in [0.25, 0.3) is 6.08 Å². The summed E-state index contributed by atoms with van der Waals surface area (Å²) in [6.45, 7) is 2.02. The van der Waals surface area contributed by atoms with Gasteiger partial charge in [0.05, 0.1) is 20.2 Å². The first-order chi connectivity index (χ1) is 11.6. The SMILES string of the molecule is CCCc1nc(S/C(=C\c2cccc(OC)c2OC)C(=O)[O-])n[nH]1. The number of nitrogens with zero attached hydrogens (tertiary/aromatic N) is 2. The molecule has 0 fully saturated rings. The van der Waals surface area contributed by atoms with Gasteiger partial charge in [0.25, 0.3) is 0 Å². The average molecular weight is 348 g/mol. The number of hydrogen-bond donors (Lipinski definition) is 1. The number of ether oxygens (including phenoxy) is 2. The molecule has 0 aliphatic rings. The Bertz CT molecular complexity index is 743. The number of methoxy groups -OCH3 is 2. The number of thioether (sulfide) groups is 1. The van der Waals surface area contributed by atoms with Crippen molar-refractivity contribution in [1.29, 1.82) is 0 Å². The largest absolute Gasteiger partial charge is 0.544 e. The Hall–Kier alpha value is -2.48. The van der Waals surface area contributed by atoms with Crippen LogP contribution >= 0.6 is 11.8 Å². The monoisotopic (exact) mass is 348 g/mol. The third kappa shape index (κ3) is 4.29. The van der Waals surface area contributed by atoms with Crippen LogP contribution in [0.1, 0.15) is 24.7 Å². The Morgan fingerprint density at radius 1 is 1.38 bits per heavy atom. The minimum absolute atomic E-state index is 0.0244. The summed E-state index contributed by atoms with van der Waals surface area (Å²) in [7, 11) is 3.01. The molecule has 0 bridgehead atoms. The number of carbonyl (C=O) groups is 1. The number of aliphatic carboxylic acids is 1. The highest BCUT2D eigenvalue weighted by Gasteiger charge is 2.12. The molecule has 2 rings (SSSR count). The number of carboxylic acid groups (broad SMARTS) is 1. The van der Waals surface area contributed by atoms with E-state index in [-0.39, 0.29) is 4.91 Å². The van der Waals surface area contributed by atoms with Crippen molar-refractivity contribution in [2.75, 3.05) is 14.2 Å². The Morgan fingerprint density at radius 3 is 2.79 bits per heavy atom. The second-order valence-electron chi connectivity index (χ2n) is 4.80. The summed E-state index contributed by atoms with van der Waals surface area (Å²) in [5, 5.41) is 18.6. The number of hydrogen-bond acceptors (Lipinski definition) is 7. The van der Waals surface area contributed by atoms with E-state index in [0.29, 0.717) is 22.2 Å². The van der Waals surface area contributed by atoms with Crippen molar-refractivity contribution in [3.8, 4) is 11.5 Å². The number of aryl methyl sites for hydroxylation is 1. The molecule has 1 heterocycles. The molecule has 24 heavy (non-hydrogen) atoms. The topological polar surface area (TPSA) is 100 Å². The van der Waals surface area contributed by atoms with Crippen LogP contribution in [0.3, 0.4) is 0 Å². The van der Waals surface area contributed by atoms with E-state index in [0.717, 1.165) is 30.4 Å². The van der Waals surface area contributed by atoms with Crippen molar-refractivity contribution in [2.45, 2.75) is 24.9 Å². The van der Waals surface area contributed by atoms with E-state index in [2.05, 4.69) is 15.2 Å². The summed E-state index contributed by atoms with van der Waals surface area (Å²) in [5.41, 5.74) is 0.563. The maximum Gasteiger partial charge on any atom is 0.213 e. The van der Waals surface area contributed by atoms with Crippen molar-refractivity contribution >= 4 is 23.8 Å². The van der Waals surface area contributed by atoms with Crippen LogP contribution in [0.2, 0.25) is 0 Å². The van der Waals surface area contributed by atoms with Gasteiger partial charge in [0.15, 0.2) is 11.5 Å². The third-order valence-electron chi connectivity index (χ3n) is 3.12. The molecule has 0 aliphatic carbocycles. The van der Waals surface area contributed by atoms with Crippen LogP contribution in [0.15, 0.2) is 28.3 Å². The molecule has 2 aromatic rings. The molecule has 0 amide bonds. The maximum atomic E-state index is 11.5. The van der Waals surface area contributed by atoms with Gasteiger partial charge in [-0.05, 0) is 30.3 Å². The van der Waals surface area contributed by atoms with Gasteiger partial charge in [0, 0.05) is 16.9 Å². The second kappa shape index (κ2) is 8.39. The predicted molar refractivity (Wildman–Crippen MR) is 88.8 cm³/mol. The quantitative estimate of drug-likeness (QED) is 0.572. The van der Waals surface area contributed by atoms with Crippen molar-refractivity contribution < 1.29 is 19.4 Å². The molecule has 0 radical (unpaired) electrons. The van der Waals surface area contributed by atoms with Crippen molar-refractivity contribution in [2.24, 2.45) is 0 Å². The molecular formula is C16H18N3O4S-. The Kier molecular flexibility index (Phi) is 6.25.